The van der Waals surface area contributed by atoms with Gasteiger partial charge in [-0.1, -0.05) is 25.4 Å². The fourth-order valence-electron chi connectivity index (χ4n) is 4.71. The Morgan fingerprint density at radius 3 is 2.00 bits per heavy atom. The molecule has 0 saturated carbocycles. The first-order chi connectivity index (χ1) is 20.3. The van der Waals surface area contributed by atoms with Crippen molar-refractivity contribution in [2.24, 2.45) is 5.16 Å². The first-order valence-corrected chi connectivity index (χ1v) is 14.1. The van der Waals surface area contributed by atoms with Crippen molar-refractivity contribution in [3.05, 3.63) is 77.4 Å². The highest BCUT2D eigenvalue weighted by Crippen LogP contribution is 2.32. The molecule has 0 aliphatic rings. The highest BCUT2D eigenvalue weighted by atomic mass is 16.7. The number of ether oxygens (including phenoxy) is 2. The Bertz CT molecular complexity index is 1670. The number of carbonyl (C=O) groups is 4. The van der Waals surface area contributed by atoms with Crippen molar-refractivity contribution in [3.8, 4) is 5.75 Å². The number of aromatic nitrogens is 1. The van der Waals surface area contributed by atoms with Crippen LogP contribution in [-0.4, -0.2) is 40.6 Å². The van der Waals surface area contributed by atoms with Gasteiger partial charge in [-0.25, -0.2) is 9.59 Å². The second-order valence-electron chi connectivity index (χ2n) is 9.82. The summed E-state index contributed by atoms with van der Waals surface area (Å²) in [7, 11) is 0. The molecule has 0 unspecified atom stereocenters. The van der Waals surface area contributed by atoms with Crippen molar-refractivity contribution in [2.75, 3.05) is 6.61 Å². The molecule has 0 amide bonds. The summed E-state index contributed by atoms with van der Waals surface area (Å²) in [4.78, 5) is 54.7. The molecule has 0 spiro atoms. The average Bonchev–Trinajstić information content (AvgIpc) is 3.31. The third kappa shape index (κ3) is 6.74. The van der Waals surface area contributed by atoms with Gasteiger partial charge in [-0.2, -0.15) is 0 Å². The van der Waals surface area contributed by atoms with Crippen LogP contribution in [0.3, 0.4) is 0 Å². The number of fused-ring (bicyclic) bond motifs is 3. The predicted molar refractivity (Wildman–Crippen MR) is 160 cm³/mol. The lowest BCUT2D eigenvalue weighted by atomic mass is 9.99. The van der Waals surface area contributed by atoms with Gasteiger partial charge >= 0.3 is 12.1 Å². The Morgan fingerprint density at radius 2 is 1.40 bits per heavy atom. The molecule has 42 heavy (non-hydrogen) atoms. The molecule has 1 heterocycles. The summed E-state index contributed by atoms with van der Waals surface area (Å²) >= 11 is 0. The lowest BCUT2D eigenvalue weighted by Gasteiger charge is -2.07. The molecule has 4 aromatic rings. The number of nitrogens with zero attached hydrogens (tertiary/aromatic N) is 2. The second kappa shape index (κ2) is 13.7. The largest absolute Gasteiger partial charge is 0.513 e. The molecule has 0 saturated heterocycles. The molecular formula is C33H34N2O7. The zero-order valence-electron chi connectivity index (χ0n) is 24.3. The van der Waals surface area contributed by atoms with Crippen LogP contribution in [0.4, 0.5) is 4.79 Å². The predicted octanol–water partition coefficient (Wildman–Crippen LogP) is 7.26. The number of carbonyl (C=O) groups excluding carboxylic acids is 4. The fraction of sp³-hybridized carbons (Fsp3) is 0.303. The van der Waals surface area contributed by atoms with Crippen molar-refractivity contribution in [1.82, 2.24) is 4.57 Å². The monoisotopic (exact) mass is 570 g/mol. The van der Waals surface area contributed by atoms with E-state index in [0.717, 1.165) is 34.6 Å². The first-order valence-electron chi connectivity index (χ1n) is 14.1. The Hall–Kier alpha value is -4.79. The van der Waals surface area contributed by atoms with Gasteiger partial charge in [0.1, 0.15) is 11.5 Å². The zero-order chi connectivity index (χ0) is 30.2. The molecule has 0 radical (unpaired) electrons. The van der Waals surface area contributed by atoms with Gasteiger partial charge in [0.15, 0.2) is 5.78 Å². The van der Waals surface area contributed by atoms with Crippen LogP contribution in [0.5, 0.6) is 5.75 Å². The third-order valence-corrected chi connectivity index (χ3v) is 6.76. The van der Waals surface area contributed by atoms with Gasteiger partial charge in [0, 0.05) is 52.0 Å². The van der Waals surface area contributed by atoms with E-state index in [-0.39, 0.29) is 29.6 Å². The number of aryl methyl sites for hydroxylation is 1. The summed E-state index contributed by atoms with van der Waals surface area (Å²) in [5.74, 6) is -0.817. The van der Waals surface area contributed by atoms with Crippen molar-refractivity contribution in [1.29, 1.82) is 0 Å². The van der Waals surface area contributed by atoms with E-state index in [1.165, 1.54) is 6.92 Å². The summed E-state index contributed by atoms with van der Waals surface area (Å²) in [6.07, 6.45) is 1.87. The Labute approximate surface area is 244 Å². The van der Waals surface area contributed by atoms with Gasteiger partial charge in [-0.3, -0.25) is 9.59 Å². The molecule has 0 atom stereocenters. The quantitative estimate of drug-likeness (QED) is 0.0440. The van der Waals surface area contributed by atoms with Crippen molar-refractivity contribution >= 4 is 51.2 Å². The number of hydrogen-bond donors (Lipinski definition) is 0. The van der Waals surface area contributed by atoms with E-state index in [1.807, 2.05) is 39.0 Å². The number of hydrogen-bond acceptors (Lipinski definition) is 8. The summed E-state index contributed by atoms with van der Waals surface area (Å²) in [6.45, 7) is 8.13. The van der Waals surface area contributed by atoms with Crippen molar-refractivity contribution < 1.29 is 33.5 Å². The molecule has 0 N–H and O–H groups in total. The summed E-state index contributed by atoms with van der Waals surface area (Å²) < 4.78 is 12.2. The van der Waals surface area contributed by atoms with Crippen LogP contribution in [0.2, 0.25) is 0 Å². The summed E-state index contributed by atoms with van der Waals surface area (Å²) in [5, 5.41) is 5.49. The number of oxime groups is 1. The number of ketones is 2. The van der Waals surface area contributed by atoms with Gasteiger partial charge in [-0.15, -0.1) is 0 Å². The number of rotatable bonds is 12. The van der Waals surface area contributed by atoms with Gasteiger partial charge < -0.3 is 18.9 Å². The molecular weight excluding hydrogens is 536 g/mol. The molecule has 3 aromatic carbocycles. The second-order valence-corrected chi connectivity index (χ2v) is 9.82. The molecule has 0 fully saturated rings. The number of Topliss-reactive ketones (excluding diaryl/α,β-unsaturated/α-hetero) is 1. The highest BCUT2D eigenvalue weighted by molar-refractivity contribution is 6.46. The minimum atomic E-state index is -0.790. The molecule has 9 nitrogen and oxygen atoms in total. The maximum atomic E-state index is 13.4. The zero-order valence-corrected chi connectivity index (χ0v) is 24.3. The molecule has 0 bridgehead atoms. The Balaban J connectivity index is 1.68. The topological polar surface area (TPSA) is 113 Å². The van der Waals surface area contributed by atoms with Crippen LogP contribution in [0.1, 0.15) is 79.7 Å². The van der Waals surface area contributed by atoms with Crippen LogP contribution < -0.4 is 4.74 Å². The van der Waals surface area contributed by atoms with Crippen LogP contribution in [0.25, 0.3) is 21.8 Å². The summed E-state index contributed by atoms with van der Waals surface area (Å²) in [5.41, 5.74) is 3.38. The average molecular weight is 571 g/mol. The van der Waals surface area contributed by atoms with Crippen molar-refractivity contribution in [2.45, 2.75) is 59.9 Å². The van der Waals surface area contributed by atoms with E-state index in [4.69, 9.17) is 14.3 Å². The van der Waals surface area contributed by atoms with Crippen molar-refractivity contribution in [3.63, 3.8) is 0 Å². The number of unbranched alkanes of at least 4 members (excludes halogenated alkanes) is 1. The minimum Gasteiger partial charge on any atom is -0.434 e. The lowest BCUT2D eigenvalue weighted by molar-refractivity contribution is -0.140. The molecule has 9 heteroatoms. The normalized spacial score (nSPS) is 11.5. The van der Waals surface area contributed by atoms with Gasteiger partial charge in [0.05, 0.1) is 6.61 Å². The van der Waals surface area contributed by atoms with Crippen LogP contribution in [0, 0.1) is 0 Å². The standard InChI is InChI=1S/C33H34N2O7/c1-5-8-9-28(34-42-21(4)36)32(38)24-13-17-30-27(20-24)26-19-23(12-16-29(26)35(30)7-3)31(37)22-10-14-25(15-11-22)41-33(39)40-18-6-2/h10-17,19-20H,5-9,18H2,1-4H3. The molecule has 0 aliphatic heterocycles. The van der Waals surface area contributed by atoms with Gasteiger partial charge in [-0.05, 0) is 86.8 Å². The highest BCUT2D eigenvalue weighted by Gasteiger charge is 2.19. The third-order valence-electron chi connectivity index (χ3n) is 6.76. The van der Waals surface area contributed by atoms with E-state index >= 15 is 0 Å². The lowest BCUT2D eigenvalue weighted by Crippen LogP contribution is -2.15. The SMILES string of the molecule is CCCCC(=NOC(C)=O)C(=O)c1ccc2c(c1)c1cc(C(=O)c3ccc(OC(=O)OCCC)cc3)ccc1n2CC. The van der Waals surface area contributed by atoms with Crippen LogP contribution in [0.15, 0.2) is 65.8 Å². The Morgan fingerprint density at radius 1 is 0.786 bits per heavy atom. The Kier molecular flexibility index (Phi) is 9.85. The van der Waals surface area contributed by atoms with Crippen LogP contribution in [-0.2, 0) is 20.9 Å². The first kappa shape index (κ1) is 30.2. The van der Waals surface area contributed by atoms with E-state index in [1.54, 1.807) is 42.5 Å². The van der Waals surface area contributed by atoms with Gasteiger partial charge in [0.25, 0.3) is 0 Å². The number of benzene rings is 3. The van der Waals surface area contributed by atoms with E-state index in [0.29, 0.717) is 36.1 Å². The summed E-state index contributed by atoms with van der Waals surface area (Å²) in [6, 6.07) is 17.3. The smallest absolute Gasteiger partial charge is 0.434 e. The minimum absolute atomic E-state index is 0.188. The van der Waals surface area contributed by atoms with E-state index < -0.39 is 12.1 Å². The molecule has 218 valence electrons. The maximum absolute atomic E-state index is 13.4. The fourth-order valence-corrected chi connectivity index (χ4v) is 4.71. The van der Waals surface area contributed by atoms with E-state index in [2.05, 4.69) is 9.72 Å². The molecule has 1 aromatic heterocycles. The van der Waals surface area contributed by atoms with Crippen LogP contribution >= 0.6 is 0 Å². The molecule has 0 aliphatic carbocycles. The van der Waals surface area contributed by atoms with E-state index in [9.17, 15) is 19.2 Å². The molecule has 4 rings (SSSR count). The van der Waals surface area contributed by atoms with Gasteiger partial charge in [0.2, 0.25) is 5.78 Å². The maximum Gasteiger partial charge on any atom is 0.513 e.